The Balaban J connectivity index is 1.75. The lowest BCUT2D eigenvalue weighted by molar-refractivity contribution is -0.117. The molecule has 26 heavy (non-hydrogen) atoms. The third kappa shape index (κ3) is 3.10. The van der Waals surface area contributed by atoms with E-state index >= 15 is 0 Å². The average Bonchev–Trinajstić information content (AvgIpc) is 3.46. The van der Waals surface area contributed by atoms with E-state index in [0.29, 0.717) is 11.6 Å². The second-order valence-corrected chi connectivity index (χ2v) is 6.79. The highest BCUT2D eigenvalue weighted by molar-refractivity contribution is 5.98. The smallest absolute Gasteiger partial charge is 0.228 e. The van der Waals surface area contributed by atoms with Crippen molar-refractivity contribution in [1.82, 2.24) is 15.0 Å². The molecule has 0 atom stereocenters. The molecule has 132 valence electrons. The quantitative estimate of drug-likeness (QED) is 0.753. The van der Waals surface area contributed by atoms with E-state index in [-0.39, 0.29) is 11.8 Å². The molecular formula is C20H21N5O. The van der Waals surface area contributed by atoms with Crippen LogP contribution in [-0.4, -0.2) is 20.9 Å². The van der Waals surface area contributed by atoms with Crippen LogP contribution in [0.4, 0.5) is 11.6 Å². The molecule has 3 N–H and O–H groups in total. The predicted octanol–water partition coefficient (Wildman–Crippen LogP) is 3.49. The van der Waals surface area contributed by atoms with Crippen LogP contribution in [0.2, 0.25) is 0 Å². The Morgan fingerprint density at radius 2 is 2.04 bits per heavy atom. The van der Waals surface area contributed by atoms with Gasteiger partial charge in [0, 0.05) is 35.0 Å². The summed E-state index contributed by atoms with van der Waals surface area (Å²) in [6.07, 6.45) is 6.32. The second-order valence-electron chi connectivity index (χ2n) is 6.79. The zero-order valence-corrected chi connectivity index (χ0v) is 14.9. The summed E-state index contributed by atoms with van der Waals surface area (Å²) in [5, 5.41) is 4.55. The fourth-order valence-corrected chi connectivity index (χ4v) is 3.03. The highest BCUT2D eigenvalue weighted by Gasteiger charge is 2.29. The molecule has 0 aromatic carbocycles. The summed E-state index contributed by atoms with van der Waals surface area (Å²) < 4.78 is 0. The van der Waals surface area contributed by atoms with Gasteiger partial charge in [0.1, 0.15) is 11.6 Å². The van der Waals surface area contributed by atoms with Gasteiger partial charge >= 0.3 is 0 Å². The summed E-state index contributed by atoms with van der Waals surface area (Å²) in [6, 6.07) is 5.89. The Labute approximate surface area is 151 Å². The maximum atomic E-state index is 12.0. The number of anilines is 2. The molecule has 0 aliphatic heterocycles. The van der Waals surface area contributed by atoms with Gasteiger partial charge in [-0.2, -0.15) is 0 Å². The number of rotatable bonds is 4. The molecule has 1 aliphatic rings. The van der Waals surface area contributed by atoms with Crippen LogP contribution < -0.4 is 11.1 Å². The molecular weight excluding hydrogens is 326 g/mol. The van der Waals surface area contributed by atoms with E-state index in [1.165, 1.54) is 0 Å². The molecule has 0 unspecified atom stereocenters. The van der Waals surface area contributed by atoms with E-state index in [1.54, 1.807) is 6.20 Å². The zero-order chi connectivity index (χ0) is 18.3. The Kier molecular flexibility index (Phi) is 4.03. The molecule has 0 radical (unpaired) electrons. The van der Waals surface area contributed by atoms with Gasteiger partial charge in [0.25, 0.3) is 0 Å². The fraction of sp³-hybridized carbons (Fsp3) is 0.300. The van der Waals surface area contributed by atoms with Crippen LogP contribution in [0.25, 0.3) is 22.0 Å². The van der Waals surface area contributed by atoms with E-state index in [0.717, 1.165) is 52.5 Å². The van der Waals surface area contributed by atoms with Gasteiger partial charge in [-0.1, -0.05) is 6.92 Å². The van der Waals surface area contributed by atoms with Crippen LogP contribution in [0.5, 0.6) is 0 Å². The molecule has 0 saturated heterocycles. The Bertz CT molecular complexity index is 1010. The van der Waals surface area contributed by atoms with E-state index in [9.17, 15) is 4.79 Å². The van der Waals surface area contributed by atoms with Gasteiger partial charge in [-0.15, -0.1) is 0 Å². The van der Waals surface area contributed by atoms with Crippen molar-refractivity contribution in [2.45, 2.75) is 33.1 Å². The number of nitrogens with one attached hydrogen (secondary N) is 1. The maximum absolute atomic E-state index is 12.0. The highest BCUT2D eigenvalue weighted by atomic mass is 16.2. The van der Waals surface area contributed by atoms with Crippen molar-refractivity contribution in [1.29, 1.82) is 0 Å². The average molecular weight is 347 g/mol. The standard InChI is InChI=1S/C20H21N5O/c1-3-14-6-11(2)15(9-22-14)17-7-13-8-18(25-20(26)12-4-5-12)23-10-16(13)19(21)24-17/h6-10,12H,3-5H2,1-2H3,(H2,21,24)(H,23,25,26). The third-order valence-corrected chi connectivity index (χ3v) is 4.75. The van der Waals surface area contributed by atoms with Crippen molar-refractivity contribution in [3.63, 3.8) is 0 Å². The summed E-state index contributed by atoms with van der Waals surface area (Å²) >= 11 is 0. The van der Waals surface area contributed by atoms with Crippen LogP contribution in [0, 0.1) is 12.8 Å². The van der Waals surface area contributed by atoms with Crippen molar-refractivity contribution in [2.24, 2.45) is 5.92 Å². The SMILES string of the molecule is CCc1cc(C)c(-c2cc3cc(NC(=O)C4CC4)ncc3c(N)n2)cn1. The highest BCUT2D eigenvalue weighted by Crippen LogP contribution is 2.31. The second kappa shape index (κ2) is 6.37. The van der Waals surface area contributed by atoms with Gasteiger partial charge < -0.3 is 11.1 Å². The predicted molar refractivity (Wildman–Crippen MR) is 103 cm³/mol. The Morgan fingerprint density at radius 1 is 1.23 bits per heavy atom. The number of hydrogen-bond acceptors (Lipinski definition) is 5. The van der Waals surface area contributed by atoms with E-state index in [2.05, 4.69) is 33.3 Å². The van der Waals surface area contributed by atoms with E-state index in [4.69, 9.17) is 5.73 Å². The number of carbonyl (C=O) groups is 1. The minimum absolute atomic E-state index is 0.0364. The first kappa shape index (κ1) is 16.4. The van der Waals surface area contributed by atoms with Gasteiger partial charge in [-0.3, -0.25) is 9.78 Å². The molecule has 3 aromatic heterocycles. The number of nitrogens with two attached hydrogens (primary N) is 1. The summed E-state index contributed by atoms with van der Waals surface area (Å²) in [7, 11) is 0. The summed E-state index contributed by atoms with van der Waals surface area (Å²) in [6.45, 7) is 4.13. The molecule has 4 rings (SSSR count). The van der Waals surface area contributed by atoms with Crippen LogP contribution in [0.3, 0.4) is 0 Å². The summed E-state index contributed by atoms with van der Waals surface area (Å²) in [4.78, 5) is 25.3. The van der Waals surface area contributed by atoms with Gasteiger partial charge in [0.05, 0.1) is 5.69 Å². The molecule has 1 aliphatic carbocycles. The number of fused-ring (bicyclic) bond motifs is 1. The van der Waals surface area contributed by atoms with Crippen molar-refractivity contribution in [3.8, 4) is 11.3 Å². The van der Waals surface area contributed by atoms with Crippen molar-refractivity contribution in [2.75, 3.05) is 11.1 Å². The van der Waals surface area contributed by atoms with Crippen LogP contribution in [0.1, 0.15) is 31.0 Å². The maximum Gasteiger partial charge on any atom is 0.228 e. The zero-order valence-electron chi connectivity index (χ0n) is 14.9. The largest absolute Gasteiger partial charge is 0.383 e. The van der Waals surface area contributed by atoms with Gasteiger partial charge in [-0.05, 0) is 55.3 Å². The van der Waals surface area contributed by atoms with E-state index in [1.807, 2.05) is 25.3 Å². The lowest BCUT2D eigenvalue weighted by Crippen LogP contribution is -2.14. The van der Waals surface area contributed by atoms with Gasteiger partial charge in [0.2, 0.25) is 5.91 Å². The minimum atomic E-state index is 0.0364. The first-order valence-electron chi connectivity index (χ1n) is 8.88. The monoisotopic (exact) mass is 347 g/mol. The van der Waals surface area contributed by atoms with Crippen molar-refractivity contribution >= 4 is 28.3 Å². The number of carbonyl (C=O) groups excluding carboxylic acids is 1. The molecule has 0 spiro atoms. The molecule has 6 nitrogen and oxygen atoms in total. The lowest BCUT2D eigenvalue weighted by Gasteiger charge is -2.11. The molecule has 3 heterocycles. The van der Waals surface area contributed by atoms with Crippen molar-refractivity contribution in [3.05, 3.63) is 41.9 Å². The van der Waals surface area contributed by atoms with Crippen LogP contribution >= 0.6 is 0 Å². The van der Waals surface area contributed by atoms with E-state index < -0.39 is 0 Å². The molecule has 3 aromatic rings. The normalized spacial score (nSPS) is 13.8. The third-order valence-electron chi connectivity index (χ3n) is 4.75. The van der Waals surface area contributed by atoms with Crippen LogP contribution in [0.15, 0.2) is 30.6 Å². The molecule has 6 heteroatoms. The summed E-state index contributed by atoms with van der Waals surface area (Å²) in [5.41, 5.74) is 10.0. The topological polar surface area (TPSA) is 93.8 Å². The molecule has 1 fully saturated rings. The number of aromatic nitrogens is 3. The van der Waals surface area contributed by atoms with Gasteiger partial charge in [0.15, 0.2) is 0 Å². The van der Waals surface area contributed by atoms with Gasteiger partial charge in [-0.25, -0.2) is 9.97 Å². The first-order valence-corrected chi connectivity index (χ1v) is 8.88. The fourth-order valence-electron chi connectivity index (χ4n) is 3.03. The Hall–Kier alpha value is -3.02. The number of amides is 1. The molecule has 1 amide bonds. The summed E-state index contributed by atoms with van der Waals surface area (Å²) in [5.74, 6) is 1.14. The minimum Gasteiger partial charge on any atom is -0.383 e. The lowest BCUT2D eigenvalue weighted by atomic mass is 10.0. The first-order chi connectivity index (χ1) is 12.5. The van der Waals surface area contributed by atoms with Crippen molar-refractivity contribution < 1.29 is 4.79 Å². The number of nitrogens with zero attached hydrogens (tertiary/aromatic N) is 3. The Morgan fingerprint density at radius 3 is 2.73 bits per heavy atom. The molecule has 0 bridgehead atoms. The number of pyridine rings is 3. The van der Waals surface area contributed by atoms with Crippen LogP contribution in [-0.2, 0) is 11.2 Å². The molecule has 1 saturated carbocycles. The number of nitrogen functional groups attached to an aromatic ring is 1. The number of hydrogen-bond donors (Lipinski definition) is 2. The number of aryl methyl sites for hydroxylation is 2.